The van der Waals surface area contributed by atoms with Gasteiger partial charge in [-0.05, 0) is 72.2 Å². The van der Waals surface area contributed by atoms with Crippen LogP contribution in [0.25, 0.3) is 0 Å². The maximum Gasteiger partial charge on any atom is 0.255 e. The van der Waals surface area contributed by atoms with Gasteiger partial charge in [-0.15, -0.1) is 0 Å². The van der Waals surface area contributed by atoms with Crippen LogP contribution < -0.4 is 15.4 Å². The van der Waals surface area contributed by atoms with Gasteiger partial charge in [-0.3, -0.25) is 4.79 Å². The van der Waals surface area contributed by atoms with Gasteiger partial charge in [-0.1, -0.05) is 59.2 Å². The molecule has 1 amide bonds. The number of hydrogen-bond donors (Lipinski definition) is 2. The number of anilines is 2. The van der Waals surface area contributed by atoms with Gasteiger partial charge in [-0.2, -0.15) is 4.68 Å². The van der Waals surface area contributed by atoms with Gasteiger partial charge in [0.15, 0.2) is 0 Å². The molecule has 176 valence electrons. The number of allylic oxidation sites excluding steroid dienone is 1. The molecule has 35 heavy (non-hydrogen) atoms. The molecule has 4 aromatic rings. The molecule has 1 aliphatic rings. The summed E-state index contributed by atoms with van der Waals surface area (Å²) in [7, 11) is 0. The van der Waals surface area contributed by atoms with Crippen molar-refractivity contribution in [2.45, 2.75) is 33.4 Å². The highest BCUT2D eigenvalue weighted by Crippen LogP contribution is 2.35. The van der Waals surface area contributed by atoms with E-state index < -0.39 is 6.04 Å². The van der Waals surface area contributed by atoms with E-state index in [0.717, 1.165) is 28.1 Å². The smallest absolute Gasteiger partial charge is 0.255 e. The highest BCUT2D eigenvalue weighted by molar-refractivity contribution is 6.06. The van der Waals surface area contributed by atoms with Crippen LogP contribution in [0.3, 0.4) is 0 Å². The van der Waals surface area contributed by atoms with Crippen molar-refractivity contribution in [3.05, 3.63) is 106 Å². The number of nitrogens with one attached hydrogen (secondary N) is 2. The van der Waals surface area contributed by atoms with Gasteiger partial charge in [0.2, 0.25) is 5.95 Å². The summed E-state index contributed by atoms with van der Waals surface area (Å²) in [5.41, 5.74) is 6.29. The van der Waals surface area contributed by atoms with Crippen LogP contribution in [0.5, 0.6) is 5.75 Å². The van der Waals surface area contributed by atoms with E-state index in [0.29, 0.717) is 23.8 Å². The van der Waals surface area contributed by atoms with Crippen molar-refractivity contribution in [3.8, 4) is 5.75 Å². The fourth-order valence-corrected chi connectivity index (χ4v) is 4.13. The number of aromatic nitrogens is 4. The normalized spacial score (nSPS) is 14.8. The number of rotatable bonds is 6. The summed E-state index contributed by atoms with van der Waals surface area (Å²) in [6.45, 7) is 6.42. The molecular weight excluding hydrogens is 440 g/mol. The summed E-state index contributed by atoms with van der Waals surface area (Å²) < 4.78 is 7.63. The van der Waals surface area contributed by atoms with Crippen molar-refractivity contribution in [1.29, 1.82) is 0 Å². The zero-order valence-corrected chi connectivity index (χ0v) is 19.8. The average molecular weight is 467 g/mol. The molecule has 1 aliphatic heterocycles. The fourth-order valence-electron chi connectivity index (χ4n) is 4.13. The molecule has 2 N–H and O–H groups in total. The standard InChI is InChI=1S/C27H26N6O2/c1-17-8-12-22(13-9-17)29-26(34)24-19(3)28-27-30-31-32-33(27)25(24)20-10-14-23(15-11-20)35-16-21-7-5-4-6-18(21)2/h4-15,25H,16H2,1-3H3,(H,29,34)(H,28,30,32). The van der Waals surface area contributed by atoms with Gasteiger partial charge in [-0.25, -0.2) is 0 Å². The molecule has 0 aliphatic carbocycles. The Labute approximate surface area is 203 Å². The van der Waals surface area contributed by atoms with Crippen LogP contribution in [0.2, 0.25) is 0 Å². The largest absolute Gasteiger partial charge is 0.489 e. The topological polar surface area (TPSA) is 94.0 Å². The molecular formula is C27H26N6O2. The monoisotopic (exact) mass is 466 g/mol. The van der Waals surface area contributed by atoms with Gasteiger partial charge in [0.25, 0.3) is 5.91 Å². The number of amides is 1. The van der Waals surface area contributed by atoms with Crippen molar-refractivity contribution >= 4 is 17.5 Å². The lowest BCUT2D eigenvalue weighted by Crippen LogP contribution is -2.31. The number of ether oxygens (including phenoxy) is 1. The minimum absolute atomic E-state index is 0.218. The summed E-state index contributed by atoms with van der Waals surface area (Å²) >= 11 is 0. The van der Waals surface area contributed by atoms with Gasteiger partial charge in [0, 0.05) is 11.4 Å². The highest BCUT2D eigenvalue weighted by Gasteiger charge is 2.34. The first-order valence-electron chi connectivity index (χ1n) is 11.4. The molecule has 2 heterocycles. The third-order valence-corrected chi connectivity index (χ3v) is 6.12. The van der Waals surface area contributed by atoms with Crippen molar-refractivity contribution < 1.29 is 9.53 Å². The van der Waals surface area contributed by atoms with E-state index in [1.165, 1.54) is 5.56 Å². The van der Waals surface area contributed by atoms with Crippen LogP contribution in [0.1, 0.15) is 35.2 Å². The third kappa shape index (κ3) is 4.63. The maximum atomic E-state index is 13.4. The predicted molar refractivity (Wildman–Crippen MR) is 134 cm³/mol. The first-order chi connectivity index (χ1) is 17.0. The summed E-state index contributed by atoms with van der Waals surface area (Å²) in [5.74, 6) is 1.01. The second-order valence-electron chi connectivity index (χ2n) is 8.62. The number of tetrazole rings is 1. The average Bonchev–Trinajstić information content (AvgIpc) is 3.32. The molecule has 8 nitrogen and oxygen atoms in total. The number of nitrogens with zero attached hydrogens (tertiary/aromatic N) is 4. The maximum absolute atomic E-state index is 13.4. The van der Waals surface area contributed by atoms with Crippen molar-refractivity contribution in [1.82, 2.24) is 20.2 Å². The third-order valence-electron chi connectivity index (χ3n) is 6.12. The zero-order chi connectivity index (χ0) is 24.4. The van der Waals surface area contributed by atoms with Crippen LogP contribution in [0, 0.1) is 13.8 Å². The Kier molecular flexibility index (Phi) is 6.01. The van der Waals surface area contributed by atoms with E-state index in [1.54, 1.807) is 4.68 Å². The molecule has 0 saturated carbocycles. The van der Waals surface area contributed by atoms with E-state index in [1.807, 2.05) is 74.5 Å². The molecule has 0 bridgehead atoms. The minimum Gasteiger partial charge on any atom is -0.489 e. The van der Waals surface area contributed by atoms with Gasteiger partial charge in [0.1, 0.15) is 18.4 Å². The van der Waals surface area contributed by atoms with Gasteiger partial charge in [0.05, 0.1) is 5.57 Å². The van der Waals surface area contributed by atoms with E-state index in [4.69, 9.17) is 4.74 Å². The summed E-state index contributed by atoms with van der Waals surface area (Å²) in [6, 6.07) is 23.1. The van der Waals surface area contributed by atoms with E-state index in [2.05, 4.69) is 45.2 Å². The summed E-state index contributed by atoms with van der Waals surface area (Å²) in [5, 5.41) is 18.2. The van der Waals surface area contributed by atoms with Gasteiger partial charge < -0.3 is 15.4 Å². The second-order valence-corrected chi connectivity index (χ2v) is 8.62. The Bertz CT molecular complexity index is 1390. The lowest BCUT2D eigenvalue weighted by molar-refractivity contribution is -0.113. The molecule has 5 rings (SSSR count). The van der Waals surface area contributed by atoms with Crippen LogP contribution in [-0.2, 0) is 11.4 Å². The SMILES string of the molecule is CC1=C(C(=O)Nc2ccc(C)cc2)C(c2ccc(OCc3ccccc3C)cc2)n2nnnc2N1. The molecule has 0 spiro atoms. The van der Waals surface area contributed by atoms with Gasteiger partial charge >= 0.3 is 0 Å². The quantitative estimate of drug-likeness (QED) is 0.424. The van der Waals surface area contributed by atoms with Crippen LogP contribution >= 0.6 is 0 Å². The molecule has 1 atom stereocenters. The van der Waals surface area contributed by atoms with E-state index in [9.17, 15) is 4.79 Å². The molecule has 1 unspecified atom stereocenters. The summed E-state index contributed by atoms with van der Waals surface area (Å²) in [6.07, 6.45) is 0. The number of benzene rings is 3. The first kappa shape index (κ1) is 22.3. The number of carbonyl (C=O) groups is 1. The molecule has 3 aromatic carbocycles. The molecule has 0 saturated heterocycles. The molecule has 0 fully saturated rings. The molecule has 0 radical (unpaired) electrons. The lowest BCUT2D eigenvalue weighted by Gasteiger charge is -2.28. The second kappa shape index (κ2) is 9.42. The number of hydrogen-bond acceptors (Lipinski definition) is 6. The van der Waals surface area contributed by atoms with Crippen LogP contribution in [0.15, 0.2) is 84.1 Å². The Morgan fingerprint density at radius 2 is 1.74 bits per heavy atom. The Morgan fingerprint density at radius 3 is 2.49 bits per heavy atom. The number of carbonyl (C=O) groups excluding carboxylic acids is 1. The Morgan fingerprint density at radius 1 is 1.00 bits per heavy atom. The lowest BCUT2D eigenvalue weighted by atomic mass is 9.95. The van der Waals surface area contributed by atoms with Crippen molar-refractivity contribution in [3.63, 3.8) is 0 Å². The number of aryl methyl sites for hydroxylation is 2. The van der Waals surface area contributed by atoms with E-state index in [-0.39, 0.29) is 5.91 Å². The minimum atomic E-state index is -0.489. The highest BCUT2D eigenvalue weighted by atomic mass is 16.5. The molecule has 1 aromatic heterocycles. The Hall–Kier alpha value is -4.46. The van der Waals surface area contributed by atoms with Crippen LogP contribution in [0.4, 0.5) is 11.6 Å². The molecule has 8 heteroatoms. The van der Waals surface area contributed by atoms with E-state index >= 15 is 0 Å². The van der Waals surface area contributed by atoms with Crippen LogP contribution in [-0.4, -0.2) is 26.1 Å². The van der Waals surface area contributed by atoms with Crippen molar-refractivity contribution in [2.24, 2.45) is 0 Å². The predicted octanol–water partition coefficient (Wildman–Crippen LogP) is 4.80. The Balaban J connectivity index is 1.41. The first-order valence-corrected chi connectivity index (χ1v) is 11.4. The summed E-state index contributed by atoms with van der Waals surface area (Å²) in [4.78, 5) is 13.4. The zero-order valence-electron chi connectivity index (χ0n) is 19.8. The number of fused-ring (bicyclic) bond motifs is 1. The fraction of sp³-hybridized carbons (Fsp3) is 0.185. The van der Waals surface area contributed by atoms with Crippen molar-refractivity contribution in [2.75, 3.05) is 10.6 Å².